The van der Waals surface area contributed by atoms with Gasteiger partial charge in [-0.15, -0.1) is 0 Å². The maximum atomic E-state index is 11.3. The van der Waals surface area contributed by atoms with E-state index in [9.17, 15) is 4.79 Å². The zero-order chi connectivity index (χ0) is 7.19. The number of hydrogen-bond acceptors (Lipinski definition) is 1. The van der Waals surface area contributed by atoms with Crippen LogP contribution >= 0.6 is 0 Å². The summed E-state index contributed by atoms with van der Waals surface area (Å²) >= 11 is 0. The first-order chi connectivity index (χ1) is 4.72. The summed E-state index contributed by atoms with van der Waals surface area (Å²) in [6.07, 6.45) is 5.77. The predicted octanol–water partition coefficient (Wildman–Crippen LogP) is 2.16. The molecule has 0 N–H and O–H groups in total. The van der Waals surface area contributed by atoms with E-state index in [1.165, 1.54) is 19.3 Å². The highest BCUT2D eigenvalue weighted by atomic mass is 16.1. The van der Waals surface area contributed by atoms with Gasteiger partial charge >= 0.3 is 0 Å². The van der Waals surface area contributed by atoms with Crippen LogP contribution in [0, 0.1) is 11.3 Å². The molecule has 0 radical (unpaired) electrons. The Balaban J connectivity index is 2.16. The molecule has 0 aliphatic heterocycles. The number of hydrogen-bond donors (Lipinski definition) is 0. The summed E-state index contributed by atoms with van der Waals surface area (Å²) in [5, 5.41) is 0. The molecule has 0 heterocycles. The Kier molecular flexibility index (Phi) is 1.17. The first kappa shape index (κ1) is 6.38. The normalized spacial score (nSPS) is 46.1. The Bertz CT molecular complexity index is 174. The van der Waals surface area contributed by atoms with E-state index in [0.717, 1.165) is 12.8 Å². The minimum absolute atomic E-state index is 0.440. The molecule has 2 aliphatic rings. The highest BCUT2D eigenvalue weighted by molar-refractivity contribution is 5.83. The van der Waals surface area contributed by atoms with Gasteiger partial charge in [0.2, 0.25) is 0 Å². The lowest BCUT2D eigenvalue weighted by Gasteiger charge is -2.49. The van der Waals surface area contributed by atoms with Crippen LogP contribution in [0.25, 0.3) is 0 Å². The van der Waals surface area contributed by atoms with E-state index >= 15 is 0 Å². The Hall–Kier alpha value is -0.330. The van der Waals surface area contributed by atoms with Gasteiger partial charge < -0.3 is 0 Å². The Morgan fingerprint density at radius 1 is 1.50 bits per heavy atom. The van der Waals surface area contributed by atoms with Crippen molar-refractivity contribution in [2.24, 2.45) is 11.3 Å². The van der Waals surface area contributed by atoms with Crippen molar-refractivity contribution in [3.63, 3.8) is 0 Å². The second-order valence-electron chi connectivity index (χ2n) is 4.07. The highest BCUT2D eigenvalue weighted by Gasteiger charge is 2.48. The van der Waals surface area contributed by atoms with Crippen LogP contribution in [0.3, 0.4) is 0 Å². The van der Waals surface area contributed by atoms with Gasteiger partial charge in [-0.2, -0.15) is 0 Å². The lowest BCUT2D eigenvalue weighted by Crippen LogP contribution is -2.45. The van der Waals surface area contributed by atoms with Gasteiger partial charge in [0.25, 0.3) is 0 Å². The first-order valence-electron chi connectivity index (χ1n) is 4.25. The van der Waals surface area contributed by atoms with E-state index in [2.05, 4.69) is 6.92 Å². The monoisotopic (exact) mass is 138 g/mol. The third kappa shape index (κ3) is 0.664. The van der Waals surface area contributed by atoms with Crippen molar-refractivity contribution in [2.45, 2.75) is 39.0 Å². The molecule has 1 nitrogen and oxygen atoms in total. The number of ketones is 1. The van der Waals surface area contributed by atoms with E-state index in [1.807, 2.05) is 0 Å². The fraction of sp³-hybridized carbons (Fsp3) is 0.889. The summed E-state index contributed by atoms with van der Waals surface area (Å²) in [6.45, 7) is 2.28. The number of fused-ring (bicyclic) bond motifs is 1. The second-order valence-corrected chi connectivity index (χ2v) is 4.07. The molecule has 0 aromatic carbocycles. The fourth-order valence-electron chi connectivity index (χ4n) is 2.47. The molecule has 56 valence electrons. The van der Waals surface area contributed by atoms with Gasteiger partial charge in [0.15, 0.2) is 0 Å². The van der Waals surface area contributed by atoms with Crippen LogP contribution in [-0.4, -0.2) is 5.78 Å². The van der Waals surface area contributed by atoms with Crippen LogP contribution in [-0.2, 0) is 4.79 Å². The standard InChI is InChI=1S/C9H14O/c1-9-5-2-3-8(10)7(9)4-6-9/h7H,2-6H2,1H3. The van der Waals surface area contributed by atoms with E-state index in [-0.39, 0.29) is 0 Å². The van der Waals surface area contributed by atoms with Crippen LogP contribution in [0.1, 0.15) is 39.0 Å². The largest absolute Gasteiger partial charge is 0.299 e. The molecule has 0 amide bonds. The summed E-state index contributed by atoms with van der Waals surface area (Å²) in [7, 11) is 0. The van der Waals surface area contributed by atoms with Crippen molar-refractivity contribution in [1.29, 1.82) is 0 Å². The van der Waals surface area contributed by atoms with Crippen molar-refractivity contribution in [2.75, 3.05) is 0 Å². The molecular formula is C9H14O. The predicted molar refractivity (Wildman–Crippen MR) is 39.7 cm³/mol. The molecule has 2 unspecified atom stereocenters. The van der Waals surface area contributed by atoms with Gasteiger partial charge in [-0.1, -0.05) is 6.92 Å². The van der Waals surface area contributed by atoms with E-state index in [0.29, 0.717) is 17.1 Å². The van der Waals surface area contributed by atoms with Gasteiger partial charge in [0.05, 0.1) is 0 Å². The third-order valence-corrected chi connectivity index (χ3v) is 3.41. The molecule has 0 aromatic heterocycles. The van der Waals surface area contributed by atoms with Crippen molar-refractivity contribution in [3.05, 3.63) is 0 Å². The Morgan fingerprint density at radius 2 is 2.30 bits per heavy atom. The molecule has 1 heteroatoms. The molecule has 2 rings (SSSR count). The molecule has 0 bridgehead atoms. The van der Waals surface area contributed by atoms with Crippen LogP contribution in [0.15, 0.2) is 0 Å². The summed E-state index contributed by atoms with van der Waals surface area (Å²) in [6, 6.07) is 0. The van der Waals surface area contributed by atoms with Crippen LogP contribution in [0.5, 0.6) is 0 Å². The van der Waals surface area contributed by atoms with Gasteiger partial charge in [0.1, 0.15) is 5.78 Å². The van der Waals surface area contributed by atoms with Crippen molar-refractivity contribution in [1.82, 2.24) is 0 Å². The summed E-state index contributed by atoms with van der Waals surface area (Å²) in [4.78, 5) is 11.3. The average molecular weight is 138 g/mol. The average Bonchev–Trinajstić information content (AvgIpc) is 1.83. The SMILES string of the molecule is CC12CCCC(=O)C1CC2. The zero-order valence-electron chi connectivity index (χ0n) is 6.52. The topological polar surface area (TPSA) is 17.1 Å². The van der Waals surface area contributed by atoms with Crippen molar-refractivity contribution >= 4 is 5.78 Å². The summed E-state index contributed by atoms with van der Waals surface area (Å²) < 4.78 is 0. The second kappa shape index (κ2) is 1.84. The molecule has 0 saturated heterocycles. The molecular weight excluding hydrogens is 124 g/mol. The molecule has 10 heavy (non-hydrogen) atoms. The molecule has 2 atom stereocenters. The molecule has 0 aromatic rings. The lowest BCUT2D eigenvalue weighted by atomic mass is 9.54. The number of Topliss-reactive ketones (excluding diaryl/α,β-unsaturated/α-hetero) is 1. The Morgan fingerprint density at radius 3 is 2.70 bits per heavy atom. The fourth-order valence-corrected chi connectivity index (χ4v) is 2.47. The lowest BCUT2D eigenvalue weighted by molar-refractivity contribution is -0.137. The minimum Gasteiger partial charge on any atom is -0.299 e. The third-order valence-electron chi connectivity index (χ3n) is 3.41. The van der Waals surface area contributed by atoms with Gasteiger partial charge in [0, 0.05) is 12.3 Å². The molecule has 0 spiro atoms. The quantitative estimate of drug-likeness (QED) is 0.501. The van der Waals surface area contributed by atoms with Crippen LogP contribution in [0.4, 0.5) is 0 Å². The van der Waals surface area contributed by atoms with Gasteiger partial charge in [-0.3, -0.25) is 4.79 Å². The van der Waals surface area contributed by atoms with Gasteiger partial charge in [-0.05, 0) is 31.1 Å². The minimum atomic E-state index is 0.440. The highest BCUT2D eigenvalue weighted by Crippen LogP contribution is 2.53. The van der Waals surface area contributed by atoms with E-state index < -0.39 is 0 Å². The summed E-state index contributed by atoms with van der Waals surface area (Å²) in [5.41, 5.74) is 0.440. The first-order valence-corrected chi connectivity index (χ1v) is 4.25. The van der Waals surface area contributed by atoms with Crippen molar-refractivity contribution < 1.29 is 4.79 Å². The smallest absolute Gasteiger partial charge is 0.136 e. The number of carbonyl (C=O) groups excluding carboxylic acids is 1. The summed E-state index contributed by atoms with van der Waals surface area (Å²) in [5.74, 6) is 1.00. The van der Waals surface area contributed by atoms with Crippen LogP contribution < -0.4 is 0 Å². The van der Waals surface area contributed by atoms with E-state index in [4.69, 9.17) is 0 Å². The van der Waals surface area contributed by atoms with Gasteiger partial charge in [-0.25, -0.2) is 0 Å². The zero-order valence-corrected chi connectivity index (χ0v) is 6.52. The van der Waals surface area contributed by atoms with Crippen molar-refractivity contribution in [3.8, 4) is 0 Å². The molecule has 2 fully saturated rings. The number of rotatable bonds is 0. The maximum absolute atomic E-state index is 11.3. The molecule has 2 aliphatic carbocycles. The Labute approximate surface area is 61.8 Å². The molecule has 2 saturated carbocycles. The van der Waals surface area contributed by atoms with Crippen LogP contribution in [0.2, 0.25) is 0 Å². The van der Waals surface area contributed by atoms with E-state index in [1.54, 1.807) is 0 Å². The number of carbonyl (C=O) groups is 1. The maximum Gasteiger partial charge on any atom is 0.136 e.